The van der Waals surface area contributed by atoms with Gasteiger partial charge in [-0.3, -0.25) is 0 Å². The number of hydrogen-bond acceptors (Lipinski definition) is 4. The van der Waals surface area contributed by atoms with Crippen LogP contribution in [0.3, 0.4) is 0 Å². The number of benzene rings is 3. The van der Waals surface area contributed by atoms with Gasteiger partial charge < -0.3 is 15.4 Å². The van der Waals surface area contributed by atoms with Gasteiger partial charge >= 0.3 is 12.0 Å². The highest BCUT2D eigenvalue weighted by Crippen LogP contribution is 2.35. The lowest BCUT2D eigenvalue weighted by atomic mass is 10.2. The molecule has 154 valence electrons. The molecule has 0 saturated heterocycles. The Hall–Kier alpha value is -2.38. The maximum atomic E-state index is 12.5. The van der Waals surface area contributed by atoms with Crippen LogP contribution in [-0.4, -0.2) is 19.1 Å². The van der Waals surface area contributed by atoms with Crippen molar-refractivity contribution in [2.24, 2.45) is 0 Å². The first-order valence-electron chi connectivity index (χ1n) is 8.54. The number of methoxy groups -OCH3 is 1. The fourth-order valence-electron chi connectivity index (χ4n) is 2.45. The number of halogens is 3. The highest BCUT2D eigenvalue weighted by atomic mass is 35.5. The van der Waals surface area contributed by atoms with Crippen LogP contribution in [0, 0.1) is 0 Å². The molecule has 5 nitrogen and oxygen atoms in total. The molecule has 3 aromatic rings. The van der Waals surface area contributed by atoms with Gasteiger partial charge in [-0.1, -0.05) is 46.6 Å². The number of nitrogens with one attached hydrogen (secondary N) is 2. The largest absolute Gasteiger partial charge is 0.465 e. The molecule has 3 rings (SSSR count). The van der Waals surface area contributed by atoms with E-state index in [1.807, 2.05) is 12.1 Å². The summed E-state index contributed by atoms with van der Waals surface area (Å²) in [5, 5.41) is 6.78. The average molecular weight is 482 g/mol. The maximum Gasteiger partial charge on any atom is 0.337 e. The zero-order valence-corrected chi connectivity index (χ0v) is 18.6. The Morgan fingerprint density at radius 2 is 1.60 bits per heavy atom. The molecule has 3 aromatic carbocycles. The topological polar surface area (TPSA) is 67.4 Å². The van der Waals surface area contributed by atoms with Gasteiger partial charge in [0.15, 0.2) is 0 Å². The predicted octanol–water partition coefficient (Wildman–Crippen LogP) is 7.23. The van der Waals surface area contributed by atoms with Crippen molar-refractivity contribution in [2.75, 3.05) is 17.7 Å². The minimum Gasteiger partial charge on any atom is -0.465 e. The van der Waals surface area contributed by atoms with Crippen molar-refractivity contribution in [2.45, 2.75) is 9.79 Å². The first kappa shape index (κ1) is 22.3. The molecule has 0 spiro atoms. The maximum absolute atomic E-state index is 12.5. The number of hydrogen-bond donors (Lipinski definition) is 2. The third-order valence-electron chi connectivity index (χ3n) is 3.87. The van der Waals surface area contributed by atoms with Crippen LogP contribution in [-0.2, 0) is 4.74 Å². The quantitative estimate of drug-likeness (QED) is 0.377. The highest BCUT2D eigenvalue weighted by Gasteiger charge is 2.14. The van der Waals surface area contributed by atoms with E-state index >= 15 is 0 Å². The van der Waals surface area contributed by atoms with Gasteiger partial charge in [0.05, 0.1) is 28.4 Å². The molecule has 0 atom stereocenters. The van der Waals surface area contributed by atoms with Gasteiger partial charge in [-0.25, -0.2) is 9.59 Å². The fourth-order valence-corrected chi connectivity index (χ4v) is 3.76. The van der Waals surface area contributed by atoms with Crippen molar-refractivity contribution in [3.05, 3.63) is 81.3 Å². The molecule has 0 fully saturated rings. The van der Waals surface area contributed by atoms with Crippen LogP contribution >= 0.6 is 46.6 Å². The molecule has 0 aromatic heterocycles. The number of anilines is 2. The fraction of sp³-hybridized carbons (Fsp3) is 0.0476. The average Bonchev–Trinajstić information content (AvgIpc) is 2.73. The predicted molar refractivity (Wildman–Crippen MR) is 122 cm³/mol. The zero-order valence-electron chi connectivity index (χ0n) is 15.5. The molecule has 0 aliphatic rings. The van der Waals surface area contributed by atoms with Crippen LogP contribution < -0.4 is 10.6 Å². The Kier molecular flexibility index (Phi) is 7.50. The standard InChI is InChI=1S/C21H15Cl3N2O3S/c1-29-20(27)12-2-9-19(30-15-6-3-13(22)4-7-15)18(10-12)26-21(28)25-14-5-8-16(23)17(24)11-14/h2-11H,1H3,(H2,25,26,28). The molecule has 0 aliphatic carbocycles. The first-order valence-corrected chi connectivity index (χ1v) is 10.5. The Morgan fingerprint density at radius 1 is 0.867 bits per heavy atom. The summed E-state index contributed by atoms with van der Waals surface area (Å²) in [7, 11) is 1.29. The molecule has 2 N–H and O–H groups in total. The van der Waals surface area contributed by atoms with E-state index in [2.05, 4.69) is 10.6 Å². The van der Waals surface area contributed by atoms with Crippen molar-refractivity contribution in [3.63, 3.8) is 0 Å². The Labute approximate surface area is 192 Å². The normalized spacial score (nSPS) is 10.4. The van der Waals surface area contributed by atoms with E-state index in [0.717, 1.165) is 9.79 Å². The summed E-state index contributed by atoms with van der Waals surface area (Å²) < 4.78 is 4.77. The van der Waals surface area contributed by atoms with Crippen LogP contribution in [0.2, 0.25) is 15.1 Å². The highest BCUT2D eigenvalue weighted by molar-refractivity contribution is 7.99. The Morgan fingerprint density at radius 3 is 2.27 bits per heavy atom. The van der Waals surface area contributed by atoms with E-state index in [-0.39, 0.29) is 0 Å². The van der Waals surface area contributed by atoms with Crippen molar-refractivity contribution in [3.8, 4) is 0 Å². The molecular weight excluding hydrogens is 467 g/mol. The lowest BCUT2D eigenvalue weighted by Crippen LogP contribution is -2.20. The summed E-state index contributed by atoms with van der Waals surface area (Å²) in [5.74, 6) is -0.508. The number of urea groups is 1. The summed E-state index contributed by atoms with van der Waals surface area (Å²) in [5.41, 5.74) is 1.22. The molecule has 30 heavy (non-hydrogen) atoms. The van der Waals surface area contributed by atoms with E-state index in [1.165, 1.54) is 24.9 Å². The molecular formula is C21H15Cl3N2O3S. The number of carbonyl (C=O) groups excluding carboxylic acids is 2. The van der Waals surface area contributed by atoms with Crippen molar-refractivity contribution >= 4 is 69.9 Å². The number of amides is 2. The van der Waals surface area contributed by atoms with Gasteiger partial charge in [0.2, 0.25) is 0 Å². The minimum atomic E-state index is -0.508. The second-order valence-electron chi connectivity index (χ2n) is 5.97. The van der Waals surface area contributed by atoms with Crippen molar-refractivity contribution < 1.29 is 14.3 Å². The number of ether oxygens (including phenoxy) is 1. The van der Waals surface area contributed by atoms with Gasteiger partial charge in [0, 0.05) is 20.5 Å². The third-order valence-corrected chi connectivity index (χ3v) is 5.94. The van der Waals surface area contributed by atoms with E-state index in [0.29, 0.717) is 32.0 Å². The summed E-state index contributed by atoms with van der Waals surface area (Å²) in [6, 6.07) is 16.4. The van der Waals surface area contributed by atoms with Gasteiger partial charge in [-0.15, -0.1) is 0 Å². The summed E-state index contributed by atoms with van der Waals surface area (Å²) in [6.45, 7) is 0. The molecule has 9 heteroatoms. The summed E-state index contributed by atoms with van der Waals surface area (Å²) in [6.07, 6.45) is 0. The second kappa shape index (κ2) is 10.1. The van der Waals surface area contributed by atoms with E-state index in [1.54, 1.807) is 42.5 Å². The van der Waals surface area contributed by atoms with Crippen LogP contribution in [0.4, 0.5) is 16.2 Å². The molecule has 0 saturated carbocycles. The van der Waals surface area contributed by atoms with Gasteiger partial charge in [0.1, 0.15) is 0 Å². The zero-order chi connectivity index (χ0) is 21.7. The number of carbonyl (C=O) groups is 2. The van der Waals surface area contributed by atoms with Crippen LogP contribution in [0.5, 0.6) is 0 Å². The monoisotopic (exact) mass is 480 g/mol. The molecule has 0 radical (unpaired) electrons. The van der Waals surface area contributed by atoms with Gasteiger partial charge in [-0.05, 0) is 60.7 Å². The lowest BCUT2D eigenvalue weighted by molar-refractivity contribution is 0.0600. The van der Waals surface area contributed by atoms with Crippen LogP contribution in [0.25, 0.3) is 0 Å². The third kappa shape index (κ3) is 5.83. The number of rotatable bonds is 5. The molecule has 0 heterocycles. The Balaban J connectivity index is 1.85. The van der Waals surface area contributed by atoms with E-state index in [4.69, 9.17) is 39.5 Å². The Bertz CT molecular complexity index is 1090. The van der Waals surface area contributed by atoms with Crippen molar-refractivity contribution in [1.82, 2.24) is 0 Å². The second-order valence-corrected chi connectivity index (χ2v) is 8.33. The van der Waals surface area contributed by atoms with Gasteiger partial charge in [-0.2, -0.15) is 0 Å². The lowest BCUT2D eigenvalue weighted by Gasteiger charge is -2.13. The smallest absolute Gasteiger partial charge is 0.337 e. The number of esters is 1. The first-order chi connectivity index (χ1) is 14.4. The molecule has 0 unspecified atom stereocenters. The van der Waals surface area contributed by atoms with E-state index in [9.17, 15) is 9.59 Å². The molecule has 2 amide bonds. The van der Waals surface area contributed by atoms with E-state index < -0.39 is 12.0 Å². The minimum absolute atomic E-state index is 0.308. The molecule has 0 aliphatic heterocycles. The van der Waals surface area contributed by atoms with Crippen molar-refractivity contribution in [1.29, 1.82) is 0 Å². The summed E-state index contributed by atoms with van der Waals surface area (Å²) in [4.78, 5) is 26.1. The molecule has 0 bridgehead atoms. The van der Waals surface area contributed by atoms with Gasteiger partial charge in [0.25, 0.3) is 0 Å². The van der Waals surface area contributed by atoms with Crippen LogP contribution in [0.1, 0.15) is 10.4 Å². The summed E-state index contributed by atoms with van der Waals surface area (Å²) >= 11 is 19.2. The van der Waals surface area contributed by atoms with Crippen LogP contribution in [0.15, 0.2) is 70.5 Å². The SMILES string of the molecule is COC(=O)c1ccc(Sc2ccc(Cl)cc2)c(NC(=O)Nc2ccc(Cl)c(Cl)c2)c1.